The van der Waals surface area contributed by atoms with Crippen LogP contribution in [0.3, 0.4) is 0 Å². The molecule has 176 valence electrons. The monoisotopic (exact) mass is 458 g/mol. The summed E-state index contributed by atoms with van der Waals surface area (Å²) in [5.41, 5.74) is 2.92. The largest absolute Gasteiger partial charge is 0.493 e. The zero-order chi connectivity index (χ0) is 23.8. The molecule has 1 heterocycles. The van der Waals surface area contributed by atoms with Gasteiger partial charge in [0.25, 0.3) is 11.8 Å². The first kappa shape index (κ1) is 23.5. The van der Waals surface area contributed by atoms with Crippen LogP contribution in [0.15, 0.2) is 78.9 Å². The second-order valence-electron chi connectivity index (χ2n) is 8.33. The highest BCUT2D eigenvalue weighted by Crippen LogP contribution is 2.31. The van der Waals surface area contributed by atoms with Gasteiger partial charge in [-0.15, -0.1) is 0 Å². The molecule has 1 unspecified atom stereocenters. The average molecular weight is 459 g/mol. The highest BCUT2D eigenvalue weighted by molar-refractivity contribution is 6.07. The number of para-hydroxylation sites is 2. The molecular weight excluding hydrogens is 428 g/mol. The van der Waals surface area contributed by atoms with E-state index in [4.69, 9.17) is 9.84 Å². The molecule has 1 aliphatic rings. The van der Waals surface area contributed by atoms with Crippen LogP contribution in [-0.2, 0) is 6.42 Å². The van der Waals surface area contributed by atoms with Gasteiger partial charge in [0.2, 0.25) is 0 Å². The molecule has 0 aromatic heterocycles. The molecule has 0 spiro atoms. The number of aliphatic hydroxyl groups excluding tert-OH is 1. The molecule has 3 aromatic rings. The van der Waals surface area contributed by atoms with Crippen molar-refractivity contribution in [3.05, 3.63) is 95.6 Å². The summed E-state index contributed by atoms with van der Waals surface area (Å²) in [4.78, 5) is 28.7. The topological polar surface area (TPSA) is 78.9 Å². The number of carbonyl (C=O) groups excluding carboxylic acids is 2. The normalized spacial score (nSPS) is 15.2. The molecule has 6 nitrogen and oxygen atoms in total. The molecule has 0 bridgehead atoms. The lowest BCUT2D eigenvalue weighted by Crippen LogP contribution is -2.51. The van der Waals surface area contributed by atoms with Crippen LogP contribution in [0.2, 0.25) is 0 Å². The van der Waals surface area contributed by atoms with Crippen LogP contribution in [0, 0.1) is 0 Å². The van der Waals surface area contributed by atoms with Crippen LogP contribution in [0.4, 0.5) is 5.69 Å². The number of nitrogens with zero attached hydrogens (tertiary/aromatic N) is 1. The summed E-state index contributed by atoms with van der Waals surface area (Å²) in [6.07, 6.45) is 3.17. The Hall–Kier alpha value is -3.64. The number of unbranched alkanes of at least 4 members (excludes halogenated alkanes) is 1. The van der Waals surface area contributed by atoms with Gasteiger partial charge in [-0.3, -0.25) is 14.5 Å². The smallest absolute Gasteiger partial charge is 0.259 e. The van der Waals surface area contributed by atoms with Crippen molar-refractivity contribution < 1.29 is 19.4 Å². The quantitative estimate of drug-likeness (QED) is 0.485. The molecule has 0 saturated carbocycles. The Bertz CT molecular complexity index is 1120. The summed E-state index contributed by atoms with van der Waals surface area (Å²) >= 11 is 0. The number of nitrogens with one attached hydrogen (secondary N) is 1. The lowest BCUT2D eigenvalue weighted by atomic mass is 10.1. The summed E-state index contributed by atoms with van der Waals surface area (Å²) in [5, 5.41) is 12.1. The van der Waals surface area contributed by atoms with Crippen molar-refractivity contribution in [1.82, 2.24) is 5.32 Å². The number of ether oxygens (including phenoxy) is 1. The lowest BCUT2D eigenvalue weighted by molar-refractivity contribution is 0.0909. The predicted octanol–water partition coefficient (Wildman–Crippen LogP) is 4.58. The van der Waals surface area contributed by atoms with Gasteiger partial charge in [0.05, 0.1) is 12.2 Å². The van der Waals surface area contributed by atoms with Gasteiger partial charge in [-0.1, -0.05) is 48.5 Å². The molecule has 6 heteroatoms. The SMILES string of the molecule is O=C(NC1CCCc2ccccc2N1C(=O)c1ccccc1)c1ccccc1OCCCCO. The summed E-state index contributed by atoms with van der Waals surface area (Å²) in [7, 11) is 0. The van der Waals surface area contributed by atoms with Gasteiger partial charge >= 0.3 is 0 Å². The molecule has 0 fully saturated rings. The van der Waals surface area contributed by atoms with Gasteiger partial charge < -0.3 is 15.2 Å². The van der Waals surface area contributed by atoms with Gasteiger partial charge in [-0.2, -0.15) is 0 Å². The molecule has 1 aliphatic heterocycles. The van der Waals surface area contributed by atoms with E-state index in [2.05, 4.69) is 5.32 Å². The number of aryl methyl sites for hydroxylation is 1. The molecule has 3 aromatic carbocycles. The Morgan fingerprint density at radius 1 is 0.941 bits per heavy atom. The highest BCUT2D eigenvalue weighted by Gasteiger charge is 2.31. The number of anilines is 1. The number of benzene rings is 3. The minimum Gasteiger partial charge on any atom is -0.493 e. The maximum Gasteiger partial charge on any atom is 0.259 e. The van der Waals surface area contributed by atoms with Crippen LogP contribution in [-0.4, -0.2) is 36.3 Å². The van der Waals surface area contributed by atoms with Gasteiger partial charge in [0, 0.05) is 17.9 Å². The number of fused-ring (bicyclic) bond motifs is 1. The van der Waals surface area contributed by atoms with Gasteiger partial charge in [0.15, 0.2) is 0 Å². The van der Waals surface area contributed by atoms with E-state index < -0.39 is 6.17 Å². The molecule has 0 radical (unpaired) electrons. The van der Waals surface area contributed by atoms with Crippen molar-refractivity contribution >= 4 is 17.5 Å². The highest BCUT2D eigenvalue weighted by atomic mass is 16.5. The number of amides is 2. The molecule has 34 heavy (non-hydrogen) atoms. The average Bonchev–Trinajstić information content (AvgIpc) is 3.06. The van der Waals surface area contributed by atoms with E-state index in [1.54, 1.807) is 35.2 Å². The fourth-order valence-corrected chi connectivity index (χ4v) is 4.25. The Labute approximate surface area is 200 Å². The van der Waals surface area contributed by atoms with Crippen molar-refractivity contribution in [1.29, 1.82) is 0 Å². The standard InChI is InChI=1S/C28H30N2O4/c31-19-8-9-20-34-25-17-7-5-15-23(25)27(32)29-26-18-10-14-21-11-4-6-16-24(21)30(26)28(33)22-12-2-1-3-13-22/h1-7,11-13,15-17,26,31H,8-10,14,18-20H2,(H,29,32). The zero-order valence-electron chi connectivity index (χ0n) is 19.2. The third-order valence-electron chi connectivity index (χ3n) is 5.97. The van der Waals surface area contributed by atoms with E-state index in [0.29, 0.717) is 42.7 Å². The van der Waals surface area contributed by atoms with Gasteiger partial charge in [-0.05, 0) is 68.0 Å². The Morgan fingerprint density at radius 2 is 1.68 bits per heavy atom. The molecular formula is C28H30N2O4. The first-order valence-electron chi connectivity index (χ1n) is 11.8. The molecule has 2 amide bonds. The van der Waals surface area contributed by atoms with Gasteiger partial charge in [0.1, 0.15) is 11.9 Å². The van der Waals surface area contributed by atoms with E-state index in [-0.39, 0.29) is 18.4 Å². The van der Waals surface area contributed by atoms with E-state index in [1.165, 1.54) is 0 Å². The van der Waals surface area contributed by atoms with Gasteiger partial charge in [-0.25, -0.2) is 0 Å². The van der Waals surface area contributed by atoms with Crippen LogP contribution < -0.4 is 15.0 Å². The van der Waals surface area contributed by atoms with E-state index in [0.717, 1.165) is 24.1 Å². The third-order valence-corrected chi connectivity index (χ3v) is 5.97. The minimum absolute atomic E-state index is 0.111. The van der Waals surface area contributed by atoms with E-state index in [1.807, 2.05) is 48.5 Å². The molecule has 2 N–H and O–H groups in total. The third kappa shape index (κ3) is 5.46. The number of aliphatic hydroxyl groups is 1. The first-order chi connectivity index (χ1) is 16.7. The van der Waals surface area contributed by atoms with Crippen LogP contribution in [0.1, 0.15) is 52.0 Å². The summed E-state index contributed by atoms with van der Waals surface area (Å²) in [5.74, 6) is 0.0645. The fourth-order valence-electron chi connectivity index (χ4n) is 4.25. The minimum atomic E-state index is -0.494. The molecule has 0 saturated heterocycles. The lowest BCUT2D eigenvalue weighted by Gasteiger charge is -2.32. The summed E-state index contributed by atoms with van der Waals surface area (Å²) in [6.45, 7) is 0.528. The molecule has 4 rings (SSSR count). The summed E-state index contributed by atoms with van der Waals surface area (Å²) in [6, 6.07) is 24.2. The van der Waals surface area contributed by atoms with Crippen molar-refractivity contribution in [2.75, 3.05) is 18.1 Å². The van der Waals surface area contributed by atoms with Crippen molar-refractivity contribution in [3.8, 4) is 5.75 Å². The number of hydrogen-bond acceptors (Lipinski definition) is 4. The Balaban J connectivity index is 1.61. The second kappa shape index (κ2) is 11.5. The Kier molecular flexibility index (Phi) is 7.94. The number of rotatable bonds is 8. The molecule has 0 aliphatic carbocycles. The van der Waals surface area contributed by atoms with Crippen LogP contribution in [0.25, 0.3) is 0 Å². The van der Waals surface area contributed by atoms with Crippen molar-refractivity contribution in [3.63, 3.8) is 0 Å². The van der Waals surface area contributed by atoms with Crippen molar-refractivity contribution in [2.45, 2.75) is 38.3 Å². The molecule has 1 atom stereocenters. The van der Waals surface area contributed by atoms with Crippen molar-refractivity contribution in [2.24, 2.45) is 0 Å². The van der Waals surface area contributed by atoms with E-state index >= 15 is 0 Å². The predicted molar refractivity (Wildman–Crippen MR) is 132 cm³/mol. The summed E-state index contributed by atoms with van der Waals surface area (Å²) < 4.78 is 5.82. The van der Waals surface area contributed by atoms with E-state index in [9.17, 15) is 9.59 Å². The zero-order valence-corrected chi connectivity index (χ0v) is 19.2. The first-order valence-corrected chi connectivity index (χ1v) is 11.8. The van der Waals surface area contributed by atoms with Crippen LogP contribution in [0.5, 0.6) is 5.75 Å². The number of hydrogen-bond donors (Lipinski definition) is 2. The second-order valence-corrected chi connectivity index (χ2v) is 8.33. The van der Waals surface area contributed by atoms with Crippen LogP contribution >= 0.6 is 0 Å². The Morgan fingerprint density at radius 3 is 2.50 bits per heavy atom. The maximum absolute atomic E-state index is 13.6. The maximum atomic E-state index is 13.6. The fraction of sp³-hybridized carbons (Fsp3) is 0.286. The number of carbonyl (C=O) groups is 2.